The molecular formula is C12H6BrClO. The van der Waals surface area contributed by atoms with E-state index in [1.54, 1.807) is 0 Å². The van der Waals surface area contributed by atoms with Crippen LogP contribution in [0.5, 0.6) is 0 Å². The second-order valence-electron chi connectivity index (χ2n) is 2.89. The summed E-state index contributed by atoms with van der Waals surface area (Å²) in [7, 11) is 0. The van der Waals surface area contributed by atoms with Crippen LogP contribution in [0.4, 0.5) is 0 Å². The van der Waals surface area contributed by atoms with Crippen molar-refractivity contribution in [2.75, 3.05) is 0 Å². The zero-order valence-corrected chi connectivity index (χ0v) is 9.51. The van der Waals surface area contributed by atoms with Gasteiger partial charge in [-0.15, -0.1) is 0 Å². The molecule has 3 rings (SSSR count). The highest BCUT2D eigenvalue weighted by molar-refractivity contribution is 9.10. The SMILES string of the molecule is [2H]c1c(Br)c([2H])c2c(oc3c([2H])c([2H])c([2H])c(Cl)c32)c1[2H]. The van der Waals surface area contributed by atoms with Crippen molar-refractivity contribution in [1.82, 2.24) is 0 Å². The Balaban J connectivity index is 2.73. The quantitative estimate of drug-likeness (QED) is 0.567. The summed E-state index contributed by atoms with van der Waals surface area (Å²) >= 11 is 9.17. The molecule has 0 bridgehead atoms. The Labute approximate surface area is 108 Å². The summed E-state index contributed by atoms with van der Waals surface area (Å²) in [6.07, 6.45) is 0. The van der Waals surface area contributed by atoms with E-state index in [0.29, 0.717) is 0 Å². The third-order valence-corrected chi connectivity index (χ3v) is 2.68. The lowest BCUT2D eigenvalue weighted by Crippen LogP contribution is -1.69. The van der Waals surface area contributed by atoms with Gasteiger partial charge in [-0.3, -0.25) is 0 Å². The first-order chi connectivity index (χ1) is 9.77. The summed E-state index contributed by atoms with van der Waals surface area (Å²) in [5.74, 6) is 0. The minimum atomic E-state index is -0.380. The van der Waals surface area contributed by atoms with E-state index in [0.717, 1.165) is 0 Å². The molecular weight excluding hydrogens is 275 g/mol. The van der Waals surface area contributed by atoms with Crippen molar-refractivity contribution in [2.45, 2.75) is 0 Å². The molecule has 1 heterocycles. The number of hydrogen-bond acceptors (Lipinski definition) is 1. The monoisotopic (exact) mass is 286 g/mol. The van der Waals surface area contributed by atoms with Gasteiger partial charge in [-0.1, -0.05) is 33.6 Å². The first kappa shape index (κ1) is 4.89. The minimum Gasteiger partial charge on any atom is -0.456 e. The van der Waals surface area contributed by atoms with Gasteiger partial charge >= 0.3 is 0 Å². The minimum absolute atomic E-state index is 0.0383. The smallest absolute Gasteiger partial charge is 0.136 e. The van der Waals surface area contributed by atoms with Crippen LogP contribution in [-0.2, 0) is 0 Å². The van der Waals surface area contributed by atoms with E-state index in [4.69, 9.17) is 24.2 Å². The fraction of sp³-hybridized carbons (Fsp3) is 0. The van der Waals surface area contributed by atoms with Crippen LogP contribution in [0.25, 0.3) is 21.9 Å². The average Bonchev–Trinajstić information content (AvgIpc) is 2.87. The highest BCUT2D eigenvalue weighted by Crippen LogP contribution is 2.34. The third-order valence-electron chi connectivity index (χ3n) is 2.00. The molecule has 0 spiro atoms. The lowest BCUT2D eigenvalue weighted by molar-refractivity contribution is 0.669. The molecule has 0 N–H and O–H groups in total. The van der Waals surface area contributed by atoms with E-state index in [2.05, 4.69) is 15.9 Å². The Hall–Kier alpha value is -0.990. The highest BCUT2D eigenvalue weighted by atomic mass is 79.9. The van der Waals surface area contributed by atoms with Gasteiger partial charge in [0.2, 0.25) is 0 Å². The molecule has 0 unspecified atom stereocenters. The van der Waals surface area contributed by atoms with Crippen LogP contribution in [0.15, 0.2) is 45.1 Å². The van der Waals surface area contributed by atoms with E-state index in [1.165, 1.54) is 0 Å². The van der Waals surface area contributed by atoms with Gasteiger partial charge in [0, 0.05) is 15.2 Å². The maximum atomic E-state index is 8.08. The molecule has 0 aliphatic carbocycles. The molecule has 15 heavy (non-hydrogen) atoms. The van der Waals surface area contributed by atoms with Crippen LogP contribution < -0.4 is 0 Å². The Kier molecular flexibility index (Phi) is 1.06. The first-order valence-corrected chi connectivity index (χ1v) is 5.21. The van der Waals surface area contributed by atoms with E-state index >= 15 is 0 Å². The molecule has 0 saturated heterocycles. The molecule has 0 fully saturated rings. The molecule has 74 valence electrons. The Bertz CT molecular complexity index is 861. The van der Waals surface area contributed by atoms with Gasteiger partial charge in [0.05, 0.1) is 13.2 Å². The highest BCUT2D eigenvalue weighted by Gasteiger charge is 2.09. The Morgan fingerprint density at radius 2 is 2.07 bits per heavy atom. The Morgan fingerprint density at radius 3 is 2.93 bits per heavy atom. The molecule has 0 aliphatic heterocycles. The maximum absolute atomic E-state index is 8.08. The predicted octanol–water partition coefficient (Wildman–Crippen LogP) is 5.00. The molecule has 2 aromatic carbocycles. The topological polar surface area (TPSA) is 13.1 Å². The number of furan rings is 1. The van der Waals surface area contributed by atoms with E-state index in [9.17, 15) is 0 Å². The third kappa shape index (κ3) is 1.36. The largest absolute Gasteiger partial charge is 0.456 e. The average molecular weight is 288 g/mol. The summed E-state index contributed by atoms with van der Waals surface area (Å²) < 4.78 is 52.6. The number of fused-ring (bicyclic) bond motifs is 3. The number of rotatable bonds is 0. The zero-order chi connectivity index (χ0) is 15.6. The van der Waals surface area contributed by atoms with Crippen LogP contribution >= 0.6 is 27.5 Å². The van der Waals surface area contributed by atoms with Crippen molar-refractivity contribution in [2.24, 2.45) is 0 Å². The second-order valence-corrected chi connectivity index (χ2v) is 4.06. The molecule has 3 aromatic rings. The number of benzene rings is 2. The summed E-state index contributed by atoms with van der Waals surface area (Å²) in [4.78, 5) is 0. The predicted molar refractivity (Wildman–Crippen MR) is 66.4 cm³/mol. The van der Waals surface area contributed by atoms with Gasteiger partial charge in [0.25, 0.3) is 0 Å². The molecule has 0 radical (unpaired) electrons. The van der Waals surface area contributed by atoms with Crippen molar-refractivity contribution < 1.29 is 12.6 Å². The van der Waals surface area contributed by atoms with Crippen molar-refractivity contribution in [3.63, 3.8) is 0 Å². The van der Waals surface area contributed by atoms with Crippen molar-refractivity contribution >= 4 is 49.5 Å². The summed E-state index contributed by atoms with van der Waals surface area (Å²) in [5.41, 5.74) is -0.0842. The van der Waals surface area contributed by atoms with Crippen LogP contribution in [0, 0.1) is 0 Å². The number of halogens is 2. The standard InChI is InChI=1S/C12H6BrClO/c13-7-4-5-10-8(6-7)12-9(14)2-1-3-11(12)15-10/h1-6H/i1D,2D,3D,4D,5D,6D. The van der Waals surface area contributed by atoms with Crippen LogP contribution in [0.1, 0.15) is 8.22 Å². The fourth-order valence-electron chi connectivity index (χ4n) is 1.39. The maximum Gasteiger partial charge on any atom is 0.136 e. The van der Waals surface area contributed by atoms with E-state index in [1.807, 2.05) is 0 Å². The molecule has 0 saturated carbocycles. The summed E-state index contributed by atoms with van der Waals surface area (Å²) in [5, 5.41) is 0.240. The molecule has 0 amide bonds. The summed E-state index contributed by atoms with van der Waals surface area (Å²) in [6.45, 7) is 0. The van der Waals surface area contributed by atoms with Gasteiger partial charge in [0.15, 0.2) is 0 Å². The number of hydrogen-bond donors (Lipinski definition) is 0. The second kappa shape index (κ2) is 3.26. The lowest BCUT2D eigenvalue weighted by atomic mass is 10.1. The van der Waals surface area contributed by atoms with Crippen molar-refractivity contribution in [3.05, 3.63) is 45.7 Å². The fourth-order valence-corrected chi connectivity index (χ4v) is 1.92. The van der Waals surface area contributed by atoms with Gasteiger partial charge in [-0.25, -0.2) is 0 Å². The molecule has 0 atom stereocenters. The molecule has 1 aromatic heterocycles. The van der Waals surface area contributed by atoms with Gasteiger partial charge < -0.3 is 4.42 Å². The van der Waals surface area contributed by atoms with E-state index in [-0.39, 0.29) is 67.7 Å². The zero-order valence-electron chi connectivity index (χ0n) is 13.2. The lowest BCUT2D eigenvalue weighted by Gasteiger charge is -1.92. The van der Waals surface area contributed by atoms with E-state index < -0.39 is 0 Å². The normalized spacial score (nSPS) is 16.9. The Morgan fingerprint density at radius 1 is 1.20 bits per heavy atom. The van der Waals surface area contributed by atoms with Crippen molar-refractivity contribution in [1.29, 1.82) is 0 Å². The van der Waals surface area contributed by atoms with Gasteiger partial charge in [-0.2, -0.15) is 0 Å². The molecule has 3 heteroatoms. The van der Waals surface area contributed by atoms with Crippen molar-refractivity contribution in [3.8, 4) is 0 Å². The molecule has 1 nitrogen and oxygen atoms in total. The first-order valence-electron chi connectivity index (χ1n) is 7.04. The molecule has 0 aliphatic rings. The van der Waals surface area contributed by atoms with Crippen LogP contribution in [-0.4, -0.2) is 0 Å². The van der Waals surface area contributed by atoms with Gasteiger partial charge in [-0.05, 0) is 30.2 Å². The van der Waals surface area contributed by atoms with Crippen LogP contribution in [0.2, 0.25) is 5.02 Å². The van der Waals surface area contributed by atoms with Gasteiger partial charge in [0.1, 0.15) is 11.2 Å². The summed E-state index contributed by atoms with van der Waals surface area (Å²) in [6, 6.07) is -1.56. The van der Waals surface area contributed by atoms with Crippen LogP contribution in [0.3, 0.4) is 0 Å².